The summed E-state index contributed by atoms with van der Waals surface area (Å²) >= 11 is 1.22. The van der Waals surface area contributed by atoms with E-state index >= 15 is 0 Å². The Bertz CT molecular complexity index is 1280. The summed E-state index contributed by atoms with van der Waals surface area (Å²) in [5.41, 5.74) is 0.557. The first-order valence-corrected chi connectivity index (χ1v) is 12.6. The summed E-state index contributed by atoms with van der Waals surface area (Å²) in [7, 11) is 0. The van der Waals surface area contributed by atoms with Gasteiger partial charge in [-0.15, -0.1) is 11.3 Å². The van der Waals surface area contributed by atoms with Crippen LogP contribution in [-0.4, -0.2) is 41.9 Å². The number of urea groups is 1. The molecule has 1 aliphatic rings. The highest BCUT2D eigenvalue weighted by Gasteiger charge is 2.52. The number of carbonyl (C=O) groups is 4. The van der Waals surface area contributed by atoms with Crippen molar-refractivity contribution < 1.29 is 23.9 Å². The molecule has 0 radical (unpaired) electrons. The first kappa shape index (κ1) is 25.1. The third kappa shape index (κ3) is 4.87. The van der Waals surface area contributed by atoms with Gasteiger partial charge in [0.2, 0.25) is 5.91 Å². The number of esters is 1. The van der Waals surface area contributed by atoms with Crippen molar-refractivity contribution in [1.82, 2.24) is 10.2 Å². The molecule has 0 spiro atoms. The second-order valence-corrected chi connectivity index (χ2v) is 9.38. The number of rotatable bonds is 9. The molecule has 186 valence electrons. The second kappa shape index (κ2) is 10.7. The van der Waals surface area contributed by atoms with Crippen LogP contribution in [0.25, 0.3) is 10.4 Å². The van der Waals surface area contributed by atoms with Gasteiger partial charge in [0.25, 0.3) is 5.91 Å². The molecule has 1 fully saturated rings. The third-order valence-electron chi connectivity index (χ3n) is 5.91. The van der Waals surface area contributed by atoms with E-state index in [-0.39, 0.29) is 12.2 Å². The summed E-state index contributed by atoms with van der Waals surface area (Å²) in [5, 5.41) is 5.82. The predicted molar refractivity (Wildman–Crippen MR) is 138 cm³/mol. The van der Waals surface area contributed by atoms with Crippen molar-refractivity contribution in [3.8, 4) is 10.4 Å². The molecular weight excluding hydrogens is 478 g/mol. The van der Waals surface area contributed by atoms with Crippen molar-refractivity contribution in [3.05, 3.63) is 77.9 Å². The smallest absolute Gasteiger partial charge is 0.341 e. The summed E-state index contributed by atoms with van der Waals surface area (Å²) in [4.78, 5) is 53.6. The van der Waals surface area contributed by atoms with Crippen molar-refractivity contribution in [2.45, 2.75) is 32.2 Å². The highest BCUT2D eigenvalue weighted by Crippen LogP contribution is 2.37. The molecule has 2 aromatic carbocycles. The van der Waals surface area contributed by atoms with Crippen LogP contribution < -0.4 is 10.6 Å². The average Bonchev–Trinajstić information content (AvgIpc) is 3.40. The third-order valence-corrected chi connectivity index (χ3v) is 7.01. The molecule has 0 aliphatic carbocycles. The zero-order valence-electron chi connectivity index (χ0n) is 20.1. The van der Waals surface area contributed by atoms with Gasteiger partial charge in [-0.1, -0.05) is 74.0 Å². The monoisotopic (exact) mass is 505 g/mol. The number of nitrogens with one attached hydrogen (secondary N) is 2. The molecule has 1 aromatic heterocycles. The van der Waals surface area contributed by atoms with E-state index in [1.54, 1.807) is 37.3 Å². The molecule has 0 saturated carbocycles. The first-order valence-electron chi connectivity index (χ1n) is 11.8. The number of nitrogens with zero attached hydrogens (tertiary/aromatic N) is 1. The van der Waals surface area contributed by atoms with Gasteiger partial charge in [0, 0.05) is 4.88 Å². The van der Waals surface area contributed by atoms with Gasteiger partial charge in [0.15, 0.2) is 0 Å². The van der Waals surface area contributed by atoms with E-state index in [1.165, 1.54) is 11.3 Å². The molecule has 8 nitrogen and oxygen atoms in total. The number of amides is 4. The Labute approximate surface area is 213 Å². The fourth-order valence-electron chi connectivity index (χ4n) is 4.28. The fraction of sp³-hybridized carbons (Fsp3) is 0.259. The molecule has 9 heteroatoms. The van der Waals surface area contributed by atoms with E-state index in [9.17, 15) is 19.2 Å². The molecule has 0 bridgehead atoms. The number of thiophene rings is 1. The number of hydrogen-bond acceptors (Lipinski definition) is 6. The summed E-state index contributed by atoms with van der Waals surface area (Å²) in [5.74, 6) is -1.63. The molecule has 1 atom stereocenters. The van der Waals surface area contributed by atoms with E-state index in [2.05, 4.69) is 10.6 Å². The number of benzene rings is 2. The van der Waals surface area contributed by atoms with E-state index in [4.69, 9.17) is 4.74 Å². The molecule has 1 aliphatic heterocycles. The van der Waals surface area contributed by atoms with Gasteiger partial charge in [-0.25, -0.2) is 9.59 Å². The summed E-state index contributed by atoms with van der Waals surface area (Å²) < 4.78 is 5.16. The lowest BCUT2D eigenvalue weighted by molar-refractivity contribution is -0.134. The Morgan fingerprint density at radius 3 is 2.33 bits per heavy atom. The maximum atomic E-state index is 13.5. The Morgan fingerprint density at radius 1 is 1.03 bits per heavy atom. The van der Waals surface area contributed by atoms with Gasteiger partial charge in [-0.2, -0.15) is 0 Å². The van der Waals surface area contributed by atoms with Crippen LogP contribution in [0, 0.1) is 0 Å². The Balaban J connectivity index is 1.57. The van der Waals surface area contributed by atoms with Crippen LogP contribution in [0.1, 0.15) is 42.6 Å². The lowest BCUT2D eigenvalue weighted by Gasteiger charge is -2.26. The number of anilines is 1. The van der Waals surface area contributed by atoms with Gasteiger partial charge >= 0.3 is 12.0 Å². The van der Waals surface area contributed by atoms with Crippen LogP contribution in [0.3, 0.4) is 0 Å². The van der Waals surface area contributed by atoms with Crippen molar-refractivity contribution in [1.29, 1.82) is 0 Å². The quantitative estimate of drug-likeness (QED) is 0.322. The molecule has 2 heterocycles. The van der Waals surface area contributed by atoms with Gasteiger partial charge < -0.3 is 15.4 Å². The highest BCUT2D eigenvalue weighted by atomic mass is 32.1. The number of hydrogen-bond donors (Lipinski definition) is 2. The van der Waals surface area contributed by atoms with Gasteiger partial charge in [-0.05, 0) is 30.5 Å². The van der Waals surface area contributed by atoms with Crippen LogP contribution in [0.15, 0.2) is 66.7 Å². The number of imide groups is 1. The molecule has 4 amide bonds. The van der Waals surface area contributed by atoms with Crippen molar-refractivity contribution in [2.75, 3.05) is 18.5 Å². The molecule has 1 saturated heterocycles. The molecule has 36 heavy (non-hydrogen) atoms. The fourth-order valence-corrected chi connectivity index (χ4v) is 5.34. The lowest BCUT2D eigenvalue weighted by Crippen LogP contribution is -2.44. The first-order chi connectivity index (χ1) is 17.4. The van der Waals surface area contributed by atoms with Crippen LogP contribution in [0.5, 0.6) is 0 Å². The zero-order valence-corrected chi connectivity index (χ0v) is 20.9. The minimum atomic E-state index is -1.22. The number of ether oxygens (including phenoxy) is 1. The zero-order chi connectivity index (χ0) is 25.7. The molecular formula is C27H27N3O5S. The standard InChI is InChI=1S/C27H27N3O5S/c1-3-15-27(19-13-9-6-10-14-19)25(33)30(26(34)29-27)17-22(31)28-23-20(24(32)35-4-2)16-21(36-23)18-11-7-5-8-12-18/h5-14,16H,3-4,15,17H2,1-2H3,(H,28,31)(H,29,34)/t27-/m1/s1. The molecule has 2 N–H and O–H groups in total. The minimum Gasteiger partial charge on any atom is -0.462 e. The maximum absolute atomic E-state index is 13.5. The van der Waals surface area contributed by atoms with Crippen molar-refractivity contribution >= 4 is 40.2 Å². The Morgan fingerprint density at radius 2 is 1.69 bits per heavy atom. The van der Waals surface area contributed by atoms with E-state index in [0.29, 0.717) is 23.4 Å². The van der Waals surface area contributed by atoms with Gasteiger partial charge in [0.1, 0.15) is 17.1 Å². The summed E-state index contributed by atoms with van der Waals surface area (Å²) in [6, 6.07) is 19.5. The summed E-state index contributed by atoms with van der Waals surface area (Å²) in [6.45, 7) is 3.33. The van der Waals surface area contributed by atoms with E-state index in [0.717, 1.165) is 15.3 Å². The van der Waals surface area contributed by atoms with Gasteiger partial charge in [0.05, 0.1) is 12.2 Å². The highest BCUT2D eigenvalue weighted by molar-refractivity contribution is 7.20. The predicted octanol–water partition coefficient (Wildman–Crippen LogP) is 4.78. The summed E-state index contributed by atoms with van der Waals surface area (Å²) in [6.07, 6.45) is 1.05. The van der Waals surface area contributed by atoms with Crippen LogP contribution in [0.4, 0.5) is 9.80 Å². The van der Waals surface area contributed by atoms with Crippen molar-refractivity contribution in [2.24, 2.45) is 0 Å². The largest absolute Gasteiger partial charge is 0.462 e. The van der Waals surface area contributed by atoms with Crippen LogP contribution in [-0.2, 0) is 19.9 Å². The molecule has 4 rings (SSSR count). The lowest BCUT2D eigenvalue weighted by atomic mass is 9.85. The SMILES string of the molecule is CCC[C@]1(c2ccccc2)NC(=O)N(CC(=O)Nc2sc(-c3ccccc3)cc2C(=O)OCC)C1=O. The Kier molecular flexibility index (Phi) is 7.49. The van der Waals surface area contributed by atoms with Crippen LogP contribution in [0.2, 0.25) is 0 Å². The van der Waals surface area contributed by atoms with E-state index < -0.39 is 35.9 Å². The normalized spacial score (nSPS) is 17.1. The Hall–Kier alpha value is -3.98. The van der Waals surface area contributed by atoms with Gasteiger partial charge in [-0.3, -0.25) is 14.5 Å². The van der Waals surface area contributed by atoms with E-state index in [1.807, 2.05) is 43.3 Å². The van der Waals surface area contributed by atoms with Crippen molar-refractivity contribution in [3.63, 3.8) is 0 Å². The maximum Gasteiger partial charge on any atom is 0.341 e. The average molecular weight is 506 g/mol. The molecule has 3 aromatic rings. The number of carbonyl (C=O) groups excluding carboxylic acids is 4. The molecule has 0 unspecified atom stereocenters. The minimum absolute atomic E-state index is 0.185. The second-order valence-electron chi connectivity index (χ2n) is 8.33. The topological polar surface area (TPSA) is 105 Å². The van der Waals surface area contributed by atoms with Crippen LogP contribution >= 0.6 is 11.3 Å².